The second-order valence-electron chi connectivity index (χ2n) is 7.01. The van der Waals surface area contributed by atoms with E-state index in [1.807, 2.05) is 0 Å². The largest absolute Gasteiger partial charge is 0.289 e. The Labute approximate surface area is 196 Å². The van der Waals surface area contributed by atoms with Crippen molar-refractivity contribution < 1.29 is 26.8 Å². The van der Waals surface area contributed by atoms with Crippen molar-refractivity contribution in [3.8, 4) is 10.4 Å². The van der Waals surface area contributed by atoms with Gasteiger partial charge >= 0.3 is 0 Å². The zero-order valence-corrected chi connectivity index (χ0v) is 20.5. The molecule has 2 aromatic rings. The van der Waals surface area contributed by atoms with Gasteiger partial charge in [-0.2, -0.15) is 21.3 Å². The minimum Gasteiger partial charge on any atom is -0.289 e. The average Bonchev–Trinajstić information content (AvgIpc) is 3.29. The van der Waals surface area contributed by atoms with E-state index in [1.165, 1.54) is 18.6 Å². The number of halogens is 1. The van der Waals surface area contributed by atoms with Crippen molar-refractivity contribution in [1.82, 2.24) is 18.4 Å². The van der Waals surface area contributed by atoms with Crippen molar-refractivity contribution in [3.63, 3.8) is 0 Å². The third-order valence-electron chi connectivity index (χ3n) is 5.15. The molecule has 0 bridgehead atoms. The fourth-order valence-electron chi connectivity index (χ4n) is 3.23. The molecule has 1 aromatic heterocycles. The van der Waals surface area contributed by atoms with E-state index in [9.17, 15) is 21.6 Å². The van der Waals surface area contributed by atoms with Crippen molar-refractivity contribution in [2.75, 3.05) is 33.2 Å². The summed E-state index contributed by atoms with van der Waals surface area (Å²) in [6.45, 7) is 1.07. The number of sulfonamides is 1. The van der Waals surface area contributed by atoms with Crippen LogP contribution in [0.15, 0.2) is 40.6 Å². The van der Waals surface area contributed by atoms with Crippen LogP contribution >= 0.6 is 22.9 Å². The minimum absolute atomic E-state index is 0.000160. The van der Waals surface area contributed by atoms with Gasteiger partial charge in [0.2, 0.25) is 0 Å². The number of piperazine rings is 1. The normalized spacial score (nSPS) is 18.7. The Hall–Kier alpha value is -1.58. The highest BCUT2D eigenvalue weighted by molar-refractivity contribution is 7.91. The van der Waals surface area contributed by atoms with Crippen LogP contribution in [-0.2, 0) is 25.0 Å². The fraction of sp³-hybridized carbons (Fsp3) is 0.389. The summed E-state index contributed by atoms with van der Waals surface area (Å²) in [5.41, 5.74) is 2.23. The van der Waals surface area contributed by atoms with Crippen LogP contribution in [0, 0.1) is 0 Å². The zero-order valence-electron chi connectivity index (χ0n) is 17.3. The first-order valence-electron chi connectivity index (χ1n) is 9.55. The molecule has 32 heavy (non-hydrogen) atoms. The number of hydrogen-bond donors (Lipinski definition) is 2. The van der Waals surface area contributed by atoms with Crippen LogP contribution in [0.4, 0.5) is 0 Å². The van der Waals surface area contributed by atoms with Crippen LogP contribution in [0.3, 0.4) is 0 Å². The van der Waals surface area contributed by atoms with Gasteiger partial charge in [0.25, 0.3) is 26.1 Å². The molecule has 0 unspecified atom stereocenters. The lowest BCUT2D eigenvalue weighted by Gasteiger charge is -2.39. The van der Waals surface area contributed by atoms with Gasteiger partial charge < -0.3 is 0 Å². The number of hydrogen-bond acceptors (Lipinski definition) is 7. The molecule has 1 fully saturated rings. The molecule has 3 rings (SSSR count). The number of carbonyl (C=O) groups is 1. The first-order valence-corrected chi connectivity index (χ1v) is 13.6. The van der Waals surface area contributed by atoms with Gasteiger partial charge in [-0.05, 0) is 29.8 Å². The molecule has 0 saturated carbocycles. The molecule has 1 aliphatic heterocycles. The number of nitrogens with one attached hydrogen (secondary N) is 1. The monoisotopic (exact) mass is 522 g/mol. The number of thiophene rings is 1. The second kappa shape index (κ2) is 9.73. The molecule has 0 radical (unpaired) electrons. The van der Waals surface area contributed by atoms with E-state index in [2.05, 4.69) is 0 Å². The van der Waals surface area contributed by atoms with Gasteiger partial charge in [0.05, 0.1) is 0 Å². The van der Waals surface area contributed by atoms with Crippen molar-refractivity contribution in [2.45, 2.75) is 17.2 Å². The first-order chi connectivity index (χ1) is 15.0. The number of rotatable bonds is 7. The highest BCUT2D eigenvalue weighted by atomic mass is 35.5. The summed E-state index contributed by atoms with van der Waals surface area (Å²) < 4.78 is 55.1. The Balaban J connectivity index is 1.91. The minimum atomic E-state index is -4.14. The molecule has 1 amide bonds. The predicted molar refractivity (Wildman–Crippen MR) is 121 cm³/mol. The topological polar surface area (TPSA) is 127 Å². The van der Waals surface area contributed by atoms with E-state index in [1.54, 1.807) is 37.3 Å². The second-order valence-corrected chi connectivity index (χ2v) is 12.7. The van der Waals surface area contributed by atoms with E-state index >= 15 is 0 Å². The highest BCUT2D eigenvalue weighted by Gasteiger charge is 2.44. The van der Waals surface area contributed by atoms with Gasteiger partial charge in [0.15, 0.2) is 0 Å². The maximum absolute atomic E-state index is 13.3. The first kappa shape index (κ1) is 25.1. The Kier molecular flexibility index (Phi) is 7.62. The molecular weight excluding hydrogens is 500 g/mol. The summed E-state index contributed by atoms with van der Waals surface area (Å²) >= 11 is 6.92. The van der Waals surface area contributed by atoms with E-state index in [4.69, 9.17) is 16.8 Å². The van der Waals surface area contributed by atoms with E-state index in [0.717, 1.165) is 29.8 Å². The van der Waals surface area contributed by atoms with Crippen LogP contribution in [0.1, 0.15) is 6.92 Å². The van der Waals surface area contributed by atoms with Crippen molar-refractivity contribution in [2.24, 2.45) is 0 Å². The Bertz CT molecular complexity index is 1180. The van der Waals surface area contributed by atoms with Crippen molar-refractivity contribution in [1.29, 1.82) is 0 Å². The van der Waals surface area contributed by atoms with Gasteiger partial charge in [0, 0.05) is 43.1 Å². The molecular formula is C18H23ClN4O6S3. The number of amides is 1. The van der Waals surface area contributed by atoms with E-state index < -0.39 is 38.7 Å². The lowest BCUT2D eigenvalue weighted by atomic mass is 10.2. The summed E-state index contributed by atoms with van der Waals surface area (Å²) in [5.74, 6) is -1.01. The van der Waals surface area contributed by atoms with Crippen molar-refractivity contribution in [3.05, 3.63) is 41.4 Å². The van der Waals surface area contributed by atoms with Crippen molar-refractivity contribution >= 4 is 49.1 Å². The van der Waals surface area contributed by atoms with Gasteiger partial charge in [-0.15, -0.1) is 11.3 Å². The van der Waals surface area contributed by atoms with Crippen LogP contribution in [0.5, 0.6) is 0 Å². The number of hydroxylamine groups is 1. The third kappa shape index (κ3) is 4.84. The zero-order chi connectivity index (χ0) is 23.7. The fourth-order valence-corrected chi connectivity index (χ4v) is 7.73. The lowest BCUT2D eigenvalue weighted by Crippen LogP contribution is -2.62. The molecule has 2 heterocycles. The molecule has 0 spiro atoms. The summed E-state index contributed by atoms with van der Waals surface area (Å²) in [7, 11) is -6.63. The smallest absolute Gasteiger partial charge is 0.281 e. The van der Waals surface area contributed by atoms with Crippen LogP contribution in [0.25, 0.3) is 10.4 Å². The average molecular weight is 523 g/mol. The van der Waals surface area contributed by atoms with Crippen LogP contribution < -0.4 is 5.48 Å². The summed E-state index contributed by atoms with van der Waals surface area (Å²) in [6.07, 6.45) is 0. The molecule has 2 N–H and O–H groups in total. The highest BCUT2D eigenvalue weighted by Crippen LogP contribution is 2.34. The summed E-state index contributed by atoms with van der Waals surface area (Å²) in [6, 6.07) is 8.57. The molecule has 1 aliphatic rings. The molecule has 1 saturated heterocycles. The Morgan fingerprint density at radius 3 is 2.44 bits per heavy atom. The number of carbonyl (C=O) groups excluding carboxylic acids is 1. The van der Waals surface area contributed by atoms with E-state index in [-0.39, 0.29) is 23.8 Å². The molecule has 1 atom stereocenters. The molecule has 0 aliphatic carbocycles. The van der Waals surface area contributed by atoms with Crippen LogP contribution in [-0.4, -0.2) is 80.1 Å². The summed E-state index contributed by atoms with van der Waals surface area (Å²) in [5, 5.41) is 9.71. The third-order valence-corrected chi connectivity index (χ3v) is 10.9. The lowest BCUT2D eigenvalue weighted by molar-refractivity contribution is -0.134. The number of nitrogens with zero attached hydrogens (tertiary/aromatic N) is 3. The van der Waals surface area contributed by atoms with Gasteiger partial charge in [-0.25, -0.2) is 13.9 Å². The van der Waals surface area contributed by atoms with Gasteiger partial charge in [-0.1, -0.05) is 30.7 Å². The Morgan fingerprint density at radius 2 is 1.84 bits per heavy atom. The maximum atomic E-state index is 13.3. The molecule has 14 heteroatoms. The van der Waals surface area contributed by atoms with Gasteiger partial charge in [-0.3, -0.25) is 10.0 Å². The van der Waals surface area contributed by atoms with Gasteiger partial charge in [0.1, 0.15) is 10.3 Å². The van der Waals surface area contributed by atoms with E-state index in [0.29, 0.717) is 9.90 Å². The predicted octanol–water partition coefficient (Wildman–Crippen LogP) is 1.45. The molecule has 10 nitrogen and oxygen atoms in total. The maximum Gasteiger partial charge on any atom is 0.281 e. The summed E-state index contributed by atoms with van der Waals surface area (Å²) in [4.78, 5) is 13.0. The quantitative estimate of drug-likeness (QED) is 0.418. The molecule has 176 valence electrons. The molecule has 1 aromatic carbocycles. The number of benzene rings is 1. The standard InChI is InChI=1S/C18H23ClN4O6S3/c1-3-21(2)32(28,29)22-10-11-23(15(12-22)18(24)20-25)31(26,27)17-9-8-16(30-17)13-4-6-14(19)7-5-13/h4-9,15,25H,3,10-12H2,1-2H3,(H,20,24)/t15-/m1/s1. The van der Waals surface area contributed by atoms with Crippen LogP contribution in [0.2, 0.25) is 5.02 Å². The Morgan fingerprint density at radius 1 is 1.19 bits per heavy atom. The SMILES string of the molecule is CCN(C)S(=O)(=O)N1CCN(S(=O)(=O)c2ccc(-c3ccc(Cl)cc3)s2)[C@@H](C(=O)NO)C1.